The Bertz CT molecular complexity index is 533. The summed E-state index contributed by atoms with van der Waals surface area (Å²) in [5, 5.41) is 2.92. The third-order valence-corrected chi connectivity index (χ3v) is 3.65. The SMILES string of the molecule is CC.CCC.Cc1ccc2c(C3CC3)cccc2c1C. The first-order chi connectivity index (χ1) is 9.69. The van der Waals surface area contributed by atoms with Crippen molar-refractivity contribution in [1.82, 2.24) is 0 Å². The zero-order valence-corrected chi connectivity index (χ0v) is 14.1. The van der Waals surface area contributed by atoms with Gasteiger partial charge in [0.25, 0.3) is 0 Å². The van der Waals surface area contributed by atoms with Gasteiger partial charge in [0.2, 0.25) is 0 Å². The van der Waals surface area contributed by atoms with Gasteiger partial charge in [-0.25, -0.2) is 0 Å². The first-order valence-corrected chi connectivity index (χ1v) is 8.17. The van der Waals surface area contributed by atoms with Gasteiger partial charge in [0, 0.05) is 0 Å². The Morgan fingerprint density at radius 3 is 2.05 bits per heavy atom. The minimum Gasteiger partial charge on any atom is -0.0683 e. The maximum absolute atomic E-state index is 2.30. The van der Waals surface area contributed by atoms with Gasteiger partial charge in [-0.1, -0.05) is 64.4 Å². The predicted octanol–water partition coefficient (Wildman–Crippen LogP) is 6.78. The van der Waals surface area contributed by atoms with Crippen LogP contribution >= 0.6 is 0 Å². The molecule has 0 unspecified atom stereocenters. The molecule has 0 radical (unpaired) electrons. The highest BCUT2D eigenvalue weighted by molar-refractivity contribution is 5.90. The van der Waals surface area contributed by atoms with Crippen molar-refractivity contribution in [1.29, 1.82) is 0 Å². The molecule has 0 nitrogen and oxygen atoms in total. The molecule has 0 heteroatoms. The molecule has 0 atom stereocenters. The van der Waals surface area contributed by atoms with Gasteiger partial charge in [-0.3, -0.25) is 0 Å². The van der Waals surface area contributed by atoms with Crippen LogP contribution in [-0.4, -0.2) is 0 Å². The minimum atomic E-state index is 0.843. The average molecular weight is 270 g/mol. The molecule has 2 aromatic carbocycles. The fraction of sp³-hybridized carbons (Fsp3) is 0.500. The van der Waals surface area contributed by atoms with Gasteiger partial charge in [0.1, 0.15) is 0 Å². The standard InChI is InChI=1S/C15H16.C3H8.C2H6/c1-10-6-9-15-13(11(10)2)4-3-5-14(15)12-7-8-12;1-3-2;1-2/h3-6,9,12H,7-8H2,1-2H3;3H2,1-2H3;1-2H3. The van der Waals surface area contributed by atoms with E-state index in [1.165, 1.54) is 41.2 Å². The lowest BCUT2D eigenvalue weighted by Gasteiger charge is -2.09. The number of benzene rings is 2. The van der Waals surface area contributed by atoms with E-state index < -0.39 is 0 Å². The molecular formula is C20H30. The van der Waals surface area contributed by atoms with Gasteiger partial charge in [-0.2, -0.15) is 0 Å². The van der Waals surface area contributed by atoms with Crippen LogP contribution in [0.3, 0.4) is 0 Å². The van der Waals surface area contributed by atoms with E-state index >= 15 is 0 Å². The normalized spacial score (nSPS) is 13.1. The van der Waals surface area contributed by atoms with Crippen molar-refractivity contribution in [2.24, 2.45) is 0 Å². The minimum absolute atomic E-state index is 0.843. The fourth-order valence-electron chi connectivity index (χ4n) is 2.39. The zero-order chi connectivity index (χ0) is 15.1. The van der Waals surface area contributed by atoms with E-state index in [9.17, 15) is 0 Å². The van der Waals surface area contributed by atoms with Crippen molar-refractivity contribution in [2.45, 2.75) is 66.7 Å². The second-order valence-corrected chi connectivity index (χ2v) is 5.43. The van der Waals surface area contributed by atoms with Gasteiger partial charge in [0.15, 0.2) is 0 Å². The zero-order valence-electron chi connectivity index (χ0n) is 14.1. The molecule has 0 saturated heterocycles. The van der Waals surface area contributed by atoms with Crippen LogP contribution in [0.5, 0.6) is 0 Å². The molecule has 2 aromatic rings. The van der Waals surface area contributed by atoms with E-state index in [-0.39, 0.29) is 0 Å². The van der Waals surface area contributed by atoms with Gasteiger partial charge in [-0.05, 0) is 60.1 Å². The summed E-state index contributed by atoms with van der Waals surface area (Å²) in [6, 6.07) is 11.3. The summed E-state index contributed by atoms with van der Waals surface area (Å²) in [6.07, 6.45) is 4.01. The molecule has 0 bridgehead atoms. The number of rotatable bonds is 1. The summed E-state index contributed by atoms with van der Waals surface area (Å²) < 4.78 is 0. The first kappa shape index (κ1) is 16.8. The number of fused-ring (bicyclic) bond motifs is 1. The topological polar surface area (TPSA) is 0 Å². The smallest absolute Gasteiger partial charge is 0.0146 e. The van der Waals surface area contributed by atoms with Gasteiger partial charge < -0.3 is 0 Å². The Hall–Kier alpha value is -1.30. The summed E-state index contributed by atoms with van der Waals surface area (Å²) in [7, 11) is 0. The van der Waals surface area contributed by atoms with Crippen molar-refractivity contribution >= 4 is 10.8 Å². The maximum atomic E-state index is 2.30. The molecule has 1 fully saturated rings. The maximum Gasteiger partial charge on any atom is -0.0146 e. The average Bonchev–Trinajstić information content (AvgIpc) is 3.30. The summed E-state index contributed by atoms with van der Waals surface area (Å²) in [5.74, 6) is 0.843. The van der Waals surface area contributed by atoms with Gasteiger partial charge in [0.05, 0.1) is 0 Å². The fourth-order valence-corrected chi connectivity index (χ4v) is 2.39. The lowest BCUT2D eigenvalue weighted by molar-refractivity contribution is 1.09. The molecule has 1 saturated carbocycles. The summed E-state index contributed by atoms with van der Waals surface area (Å²) in [6.45, 7) is 12.7. The van der Waals surface area contributed by atoms with E-state index in [0.29, 0.717) is 0 Å². The highest BCUT2D eigenvalue weighted by atomic mass is 14.3. The van der Waals surface area contributed by atoms with Crippen LogP contribution in [0.25, 0.3) is 10.8 Å². The molecule has 0 amide bonds. The van der Waals surface area contributed by atoms with Crippen LogP contribution in [0.2, 0.25) is 0 Å². The molecule has 1 aliphatic rings. The lowest BCUT2D eigenvalue weighted by Crippen LogP contribution is -1.88. The second kappa shape index (κ2) is 8.09. The molecule has 1 aliphatic carbocycles. The van der Waals surface area contributed by atoms with Crippen LogP contribution in [-0.2, 0) is 0 Å². The third kappa shape index (κ3) is 3.85. The number of aryl methyl sites for hydroxylation is 2. The Morgan fingerprint density at radius 2 is 1.50 bits per heavy atom. The van der Waals surface area contributed by atoms with E-state index in [4.69, 9.17) is 0 Å². The Balaban J connectivity index is 0.000000357. The lowest BCUT2D eigenvalue weighted by atomic mass is 9.95. The summed E-state index contributed by atoms with van der Waals surface area (Å²) in [5.41, 5.74) is 4.40. The van der Waals surface area contributed by atoms with Crippen LogP contribution in [0.15, 0.2) is 30.3 Å². The summed E-state index contributed by atoms with van der Waals surface area (Å²) >= 11 is 0. The van der Waals surface area contributed by atoms with E-state index in [1.807, 2.05) is 13.8 Å². The highest BCUT2D eigenvalue weighted by Crippen LogP contribution is 2.43. The molecule has 20 heavy (non-hydrogen) atoms. The monoisotopic (exact) mass is 270 g/mol. The van der Waals surface area contributed by atoms with Crippen molar-refractivity contribution in [3.8, 4) is 0 Å². The Labute approximate surface area is 125 Å². The van der Waals surface area contributed by atoms with Crippen LogP contribution in [0.1, 0.15) is 69.6 Å². The predicted molar refractivity (Wildman–Crippen MR) is 92.7 cm³/mol. The molecule has 0 heterocycles. The Kier molecular flexibility index (Phi) is 6.78. The molecule has 0 spiro atoms. The Morgan fingerprint density at radius 1 is 0.900 bits per heavy atom. The molecular weight excluding hydrogens is 240 g/mol. The van der Waals surface area contributed by atoms with Gasteiger partial charge in [-0.15, -0.1) is 0 Å². The quantitative estimate of drug-likeness (QED) is 0.536. The second-order valence-electron chi connectivity index (χ2n) is 5.43. The largest absolute Gasteiger partial charge is 0.0683 e. The van der Waals surface area contributed by atoms with Crippen LogP contribution < -0.4 is 0 Å². The summed E-state index contributed by atoms with van der Waals surface area (Å²) in [4.78, 5) is 0. The van der Waals surface area contributed by atoms with Gasteiger partial charge >= 0.3 is 0 Å². The van der Waals surface area contributed by atoms with Crippen molar-refractivity contribution < 1.29 is 0 Å². The molecule has 3 rings (SSSR count). The molecule has 0 aromatic heterocycles. The highest BCUT2D eigenvalue weighted by Gasteiger charge is 2.25. The van der Waals surface area contributed by atoms with Crippen molar-refractivity contribution in [3.05, 3.63) is 47.0 Å². The molecule has 0 N–H and O–H groups in total. The number of hydrogen-bond acceptors (Lipinski definition) is 0. The van der Waals surface area contributed by atoms with E-state index in [0.717, 1.165) is 5.92 Å². The van der Waals surface area contributed by atoms with E-state index in [2.05, 4.69) is 58.0 Å². The first-order valence-electron chi connectivity index (χ1n) is 8.17. The van der Waals surface area contributed by atoms with Crippen LogP contribution in [0.4, 0.5) is 0 Å². The molecule has 110 valence electrons. The van der Waals surface area contributed by atoms with Crippen molar-refractivity contribution in [2.75, 3.05) is 0 Å². The van der Waals surface area contributed by atoms with Crippen LogP contribution in [0, 0.1) is 13.8 Å². The number of hydrogen-bond donors (Lipinski definition) is 0. The van der Waals surface area contributed by atoms with E-state index in [1.54, 1.807) is 5.56 Å². The third-order valence-electron chi connectivity index (χ3n) is 3.65. The van der Waals surface area contributed by atoms with Crippen molar-refractivity contribution in [3.63, 3.8) is 0 Å². The molecule has 0 aliphatic heterocycles.